The first-order valence-electron chi connectivity index (χ1n) is 3.69. The van der Waals surface area contributed by atoms with E-state index < -0.39 is 4.92 Å². The Bertz CT molecular complexity index is 420. The van der Waals surface area contributed by atoms with E-state index in [4.69, 9.17) is 16.7 Å². The van der Waals surface area contributed by atoms with Crippen molar-refractivity contribution in [2.24, 2.45) is 0 Å². The zero-order chi connectivity index (χ0) is 10.6. The molecule has 1 N–H and O–H groups in total. The van der Waals surface area contributed by atoms with Crippen molar-refractivity contribution >= 4 is 17.3 Å². The molecule has 4 nitrogen and oxygen atoms in total. The summed E-state index contributed by atoms with van der Waals surface area (Å²) in [5.41, 5.74) is 0.270. The number of halogens is 1. The number of benzene rings is 1. The number of nitrogens with zero attached hydrogens (tertiary/aromatic N) is 1. The molecule has 5 heteroatoms. The monoisotopic (exact) mass is 211 g/mol. The first kappa shape index (κ1) is 10.5. The van der Waals surface area contributed by atoms with Gasteiger partial charge in [0.05, 0.1) is 4.92 Å². The average molecular weight is 212 g/mol. The third kappa shape index (κ3) is 2.46. The number of nitro groups is 1. The standard InChI is InChI=1S/C9H6ClNO3/c10-8-4-3-7(2-1-5-12)6-9(8)11(13)14/h3-4,6,12H,5H2. The van der Waals surface area contributed by atoms with E-state index in [1.54, 1.807) is 6.07 Å². The minimum atomic E-state index is -0.577. The summed E-state index contributed by atoms with van der Waals surface area (Å²) < 4.78 is 0. The van der Waals surface area contributed by atoms with Crippen LogP contribution in [0.3, 0.4) is 0 Å². The van der Waals surface area contributed by atoms with Crippen molar-refractivity contribution in [1.29, 1.82) is 0 Å². The largest absolute Gasteiger partial charge is 0.384 e. The maximum absolute atomic E-state index is 10.5. The third-order valence-corrected chi connectivity index (χ3v) is 1.77. The van der Waals surface area contributed by atoms with Crippen molar-refractivity contribution in [3.8, 4) is 11.8 Å². The molecular weight excluding hydrogens is 206 g/mol. The quantitative estimate of drug-likeness (QED) is 0.436. The zero-order valence-corrected chi connectivity index (χ0v) is 7.78. The maximum atomic E-state index is 10.5. The summed E-state index contributed by atoms with van der Waals surface area (Å²) in [7, 11) is 0. The fraction of sp³-hybridized carbons (Fsp3) is 0.111. The molecule has 72 valence electrons. The van der Waals surface area contributed by atoms with Crippen molar-refractivity contribution in [2.75, 3.05) is 6.61 Å². The second-order valence-corrected chi connectivity index (χ2v) is 2.79. The minimum absolute atomic E-state index is 0.0737. The van der Waals surface area contributed by atoms with Crippen LogP contribution in [0, 0.1) is 22.0 Å². The summed E-state index contributed by atoms with van der Waals surface area (Å²) in [5, 5.41) is 19.0. The normalized spacial score (nSPS) is 9.00. The molecule has 0 amide bonds. The van der Waals surface area contributed by atoms with Crippen molar-refractivity contribution in [2.45, 2.75) is 0 Å². The highest BCUT2D eigenvalue weighted by Crippen LogP contribution is 2.24. The predicted molar refractivity (Wildman–Crippen MR) is 52.1 cm³/mol. The lowest BCUT2D eigenvalue weighted by atomic mass is 10.2. The highest BCUT2D eigenvalue weighted by atomic mass is 35.5. The van der Waals surface area contributed by atoms with E-state index in [0.717, 1.165) is 0 Å². The van der Waals surface area contributed by atoms with E-state index in [0.29, 0.717) is 5.56 Å². The van der Waals surface area contributed by atoms with E-state index in [9.17, 15) is 10.1 Å². The first-order chi connectivity index (χ1) is 6.65. The Hall–Kier alpha value is -1.57. The average Bonchev–Trinajstić information content (AvgIpc) is 2.16. The molecule has 0 heterocycles. The topological polar surface area (TPSA) is 63.4 Å². The molecule has 0 fully saturated rings. The fourth-order valence-electron chi connectivity index (χ4n) is 0.872. The van der Waals surface area contributed by atoms with Gasteiger partial charge in [-0.15, -0.1) is 0 Å². The molecule has 0 aliphatic rings. The van der Waals surface area contributed by atoms with Gasteiger partial charge >= 0.3 is 0 Å². The SMILES string of the molecule is O=[N+]([O-])c1cc(C#CCO)ccc1Cl. The number of aliphatic hydroxyl groups is 1. The number of hydrogen-bond donors (Lipinski definition) is 1. The Kier molecular flexibility index (Phi) is 3.46. The molecule has 0 saturated carbocycles. The Morgan fingerprint density at radius 2 is 2.29 bits per heavy atom. The summed E-state index contributed by atoms with van der Waals surface area (Å²) in [6.07, 6.45) is 0. The van der Waals surface area contributed by atoms with Crippen LogP contribution in [0.1, 0.15) is 5.56 Å². The molecule has 0 aliphatic carbocycles. The summed E-state index contributed by atoms with van der Waals surface area (Å²) in [6, 6.07) is 4.23. The summed E-state index contributed by atoms with van der Waals surface area (Å²) in [6.45, 7) is -0.281. The molecular formula is C9H6ClNO3. The summed E-state index contributed by atoms with van der Waals surface area (Å²) in [4.78, 5) is 9.89. The molecule has 1 aromatic rings. The molecule has 0 saturated heterocycles. The molecule has 0 spiro atoms. The second kappa shape index (κ2) is 4.61. The van der Waals surface area contributed by atoms with Crippen LogP contribution in [-0.4, -0.2) is 16.6 Å². The zero-order valence-electron chi connectivity index (χ0n) is 7.03. The van der Waals surface area contributed by atoms with Crippen LogP contribution < -0.4 is 0 Å². The maximum Gasteiger partial charge on any atom is 0.289 e. The molecule has 0 radical (unpaired) electrons. The lowest BCUT2D eigenvalue weighted by molar-refractivity contribution is -0.384. The molecule has 0 bridgehead atoms. The molecule has 0 unspecified atom stereocenters. The minimum Gasteiger partial charge on any atom is -0.384 e. The van der Waals surface area contributed by atoms with Crippen LogP contribution in [0.15, 0.2) is 18.2 Å². The van der Waals surface area contributed by atoms with Gasteiger partial charge in [0.25, 0.3) is 5.69 Å². The number of rotatable bonds is 1. The number of hydrogen-bond acceptors (Lipinski definition) is 3. The molecule has 1 rings (SSSR count). The van der Waals surface area contributed by atoms with Crippen LogP contribution >= 0.6 is 11.6 Å². The van der Waals surface area contributed by atoms with E-state index in [1.165, 1.54) is 12.1 Å². The van der Waals surface area contributed by atoms with Gasteiger partial charge in [-0.2, -0.15) is 0 Å². The van der Waals surface area contributed by atoms with Crippen LogP contribution in [0.4, 0.5) is 5.69 Å². The van der Waals surface area contributed by atoms with Gasteiger partial charge < -0.3 is 5.11 Å². The third-order valence-electron chi connectivity index (χ3n) is 1.45. The molecule has 0 atom stereocenters. The van der Waals surface area contributed by atoms with E-state index in [2.05, 4.69) is 11.8 Å². The van der Waals surface area contributed by atoms with Gasteiger partial charge in [-0.3, -0.25) is 10.1 Å². The van der Waals surface area contributed by atoms with Crippen LogP contribution in [0.5, 0.6) is 0 Å². The molecule has 1 aromatic carbocycles. The number of nitro benzene ring substituents is 1. The van der Waals surface area contributed by atoms with Crippen molar-refractivity contribution in [3.05, 3.63) is 38.9 Å². The molecule has 14 heavy (non-hydrogen) atoms. The van der Waals surface area contributed by atoms with Crippen LogP contribution in [0.25, 0.3) is 0 Å². The van der Waals surface area contributed by atoms with E-state index >= 15 is 0 Å². The predicted octanol–water partition coefficient (Wildman–Crippen LogP) is 1.59. The van der Waals surface area contributed by atoms with Gasteiger partial charge in [-0.25, -0.2) is 0 Å². The Labute approximate surface area is 85.3 Å². The van der Waals surface area contributed by atoms with Gasteiger partial charge in [-0.1, -0.05) is 23.4 Å². The van der Waals surface area contributed by atoms with Gasteiger partial charge in [-0.05, 0) is 12.1 Å². The number of aliphatic hydroxyl groups excluding tert-OH is 1. The van der Waals surface area contributed by atoms with E-state index in [-0.39, 0.29) is 17.3 Å². The Morgan fingerprint density at radius 1 is 1.57 bits per heavy atom. The second-order valence-electron chi connectivity index (χ2n) is 2.38. The van der Waals surface area contributed by atoms with Gasteiger partial charge in [0.2, 0.25) is 0 Å². The summed E-state index contributed by atoms with van der Waals surface area (Å²) in [5.74, 6) is 4.94. The van der Waals surface area contributed by atoms with Crippen molar-refractivity contribution in [3.63, 3.8) is 0 Å². The lowest BCUT2D eigenvalue weighted by Gasteiger charge is -1.95. The summed E-state index contributed by atoms with van der Waals surface area (Å²) >= 11 is 5.59. The van der Waals surface area contributed by atoms with Gasteiger partial charge in [0.1, 0.15) is 11.6 Å². The Morgan fingerprint density at radius 3 is 2.86 bits per heavy atom. The molecule has 0 aliphatic heterocycles. The van der Waals surface area contributed by atoms with E-state index in [1.807, 2.05) is 0 Å². The fourth-order valence-corrected chi connectivity index (χ4v) is 1.06. The molecule has 0 aromatic heterocycles. The smallest absolute Gasteiger partial charge is 0.289 e. The van der Waals surface area contributed by atoms with Crippen LogP contribution in [0.2, 0.25) is 5.02 Å². The lowest BCUT2D eigenvalue weighted by Crippen LogP contribution is -1.89. The van der Waals surface area contributed by atoms with Gasteiger partial charge in [0, 0.05) is 11.6 Å². The highest BCUT2D eigenvalue weighted by Gasteiger charge is 2.11. The van der Waals surface area contributed by atoms with Crippen molar-refractivity contribution < 1.29 is 10.0 Å². The Balaban J connectivity index is 3.13. The first-order valence-corrected chi connectivity index (χ1v) is 4.06. The van der Waals surface area contributed by atoms with Crippen LogP contribution in [-0.2, 0) is 0 Å². The van der Waals surface area contributed by atoms with Gasteiger partial charge in [0.15, 0.2) is 0 Å². The van der Waals surface area contributed by atoms with Crippen molar-refractivity contribution in [1.82, 2.24) is 0 Å². The highest BCUT2D eigenvalue weighted by molar-refractivity contribution is 6.32.